The third-order valence-electron chi connectivity index (χ3n) is 5.47. The summed E-state index contributed by atoms with van der Waals surface area (Å²) >= 11 is 0. The standard InChI is InChI=1S/C19H22N4O5/c1-2-6-23-15-14(16(24)21-19(23)28)12(8-13(20-15)10-3-4-10)17(25)22-7-5-11(9-22)18(26)27/h8,10-11H,2-7,9H2,1H3,(H,26,27)(H,21,24,28). The number of hydrogen-bond acceptors (Lipinski definition) is 5. The summed E-state index contributed by atoms with van der Waals surface area (Å²) in [7, 11) is 0. The molecule has 0 spiro atoms. The number of aryl methyl sites for hydroxylation is 1. The summed E-state index contributed by atoms with van der Waals surface area (Å²) in [6.45, 7) is 2.73. The van der Waals surface area contributed by atoms with Gasteiger partial charge in [0.2, 0.25) is 0 Å². The molecule has 1 aliphatic carbocycles. The van der Waals surface area contributed by atoms with Gasteiger partial charge in [0.15, 0.2) is 5.65 Å². The zero-order valence-electron chi connectivity index (χ0n) is 15.6. The van der Waals surface area contributed by atoms with Crippen LogP contribution in [0.25, 0.3) is 11.0 Å². The van der Waals surface area contributed by atoms with Gasteiger partial charge in [0.25, 0.3) is 11.5 Å². The lowest BCUT2D eigenvalue weighted by molar-refractivity contribution is -0.141. The maximum Gasteiger partial charge on any atom is 0.329 e. The largest absolute Gasteiger partial charge is 0.481 e. The molecule has 3 heterocycles. The minimum absolute atomic E-state index is 0.0984. The zero-order valence-corrected chi connectivity index (χ0v) is 15.6. The van der Waals surface area contributed by atoms with E-state index < -0.39 is 23.1 Å². The number of likely N-dealkylation sites (tertiary alicyclic amines) is 1. The van der Waals surface area contributed by atoms with Crippen LogP contribution < -0.4 is 11.2 Å². The molecule has 1 atom stereocenters. The zero-order chi connectivity index (χ0) is 20.0. The Morgan fingerprint density at radius 3 is 2.64 bits per heavy atom. The average Bonchev–Trinajstić information content (AvgIpc) is 3.39. The lowest BCUT2D eigenvalue weighted by atomic mass is 10.1. The Morgan fingerprint density at radius 1 is 1.29 bits per heavy atom. The summed E-state index contributed by atoms with van der Waals surface area (Å²) in [5.74, 6) is -1.68. The quantitative estimate of drug-likeness (QED) is 0.787. The SMILES string of the molecule is CCCn1c(=O)[nH]c(=O)c2c(C(=O)N3CCC(C(=O)O)C3)cc(C3CC3)nc21. The van der Waals surface area contributed by atoms with E-state index in [4.69, 9.17) is 0 Å². The van der Waals surface area contributed by atoms with Crippen LogP contribution in [0.5, 0.6) is 0 Å². The van der Waals surface area contributed by atoms with Crippen LogP contribution in [0.4, 0.5) is 0 Å². The topological polar surface area (TPSA) is 125 Å². The number of carboxylic acid groups (broad SMARTS) is 1. The third kappa shape index (κ3) is 3.10. The van der Waals surface area contributed by atoms with E-state index >= 15 is 0 Å². The number of nitrogens with zero attached hydrogens (tertiary/aromatic N) is 3. The molecule has 0 radical (unpaired) electrons. The number of aromatic amines is 1. The molecular weight excluding hydrogens is 364 g/mol. The van der Waals surface area contributed by atoms with Crippen LogP contribution in [-0.4, -0.2) is 49.5 Å². The molecule has 0 aromatic carbocycles. The van der Waals surface area contributed by atoms with Crippen molar-refractivity contribution < 1.29 is 14.7 Å². The Hall–Kier alpha value is -2.97. The van der Waals surface area contributed by atoms with Gasteiger partial charge in [0.1, 0.15) is 0 Å². The summed E-state index contributed by atoms with van der Waals surface area (Å²) < 4.78 is 1.41. The fourth-order valence-electron chi connectivity index (χ4n) is 3.80. The summed E-state index contributed by atoms with van der Waals surface area (Å²) in [6.07, 6.45) is 2.97. The molecule has 1 saturated heterocycles. The molecule has 4 rings (SSSR count). The molecule has 1 unspecified atom stereocenters. The molecule has 9 nitrogen and oxygen atoms in total. The number of fused-ring (bicyclic) bond motifs is 1. The van der Waals surface area contributed by atoms with Crippen LogP contribution in [0, 0.1) is 5.92 Å². The number of aromatic nitrogens is 3. The number of carbonyl (C=O) groups is 2. The highest BCUT2D eigenvalue weighted by atomic mass is 16.4. The summed E-state index contributed by atoms with van der Waals surface area (Å²) in [6, 6.07) is 1.65. The van der Waals surface area contributed by atoms with Crippen LogP contribution in [0.1, 0.15) is 54.6 Å². The van der Waals surface area contributed by atoms with Gasteiger partial charge in [-0.15, -0.1) is 0 Å². The molecule has 9 heteroatoms. The highest BCUT2D eigenvalue weighted by Gasteiger charge is 2.34. The van der Waals surface area contributed by atoms with Crippen molar-refractivity contribution in [1.82, 2.24) is 19.4 Å². The second-order valence-corrected chi connectivity index (χ2v) is 7.55. The number of hydrogen-bond donors (Lipinski definition) is 2. The number of nitrogens with one attached hydrogen (secondary N) is 1. The summed E-state index contributed by atoms with van der Waals surface area (Å²) in [5, 5.41) is 9.31. The first kappa shape index (κ1) is 18.4. The van der Waals surface area contributed by atoms with Crippen molar-refractivity contribution in [2.75, 3.05) is 13.1 Å². The molecular formula is C19H22N4O5. The molecule has 2 fully saturated rings. The fraction of sp³-hybridized carbons (Fsp3) is 0.526. The first-order chi connectivity index (χ1) is 13.4. The Morgan fingerprint density at radius 2 is 2.04 bits per heavy atom. The van der Waals surface area contributed by atoms with Crippen LogP contribution >= 0.6 is 0 Å². The highest BCUT2D eigenvalue weighted by molar-refractivity contribution is 6.05. The van der Waals surface area contributed by atoms with Gasteiger partial charge in [-0.25, -0.2) is 9.78 Å². The molecule has 1 saturated carbocycles. The number of carboxylic acids is 1. The van der Waals surface area contributed by atoms with Gasteiger partial charge in [-0.05, 0) is 31.7 Å². The molecule has 2 N–H and O–H groups in total. The van der Waals surface area contributed by atoms with Crippen molar-refractivity contribution in [2.45, 2.75) is 45.1 Å². The van der Waals surface area contributed by atoms with E-state index in [1.54, 1.807) is 6.07 Å². The Bertz CT molecular complexity index is 1080. The molecule has 2 aliphatic rings. The lowest BCUT2D eigenvalue weighted by Crippen LogP contribution is -2.35. The molecule has 1 amide bonds. The van der Waals surface area contributed by atoms with Crippen molar-refractivity contribution in [2.24, 2.45) is 5.92 Å². The molecule has 0 bridgehead atoms. The number of rotatable bonds is 5. The number of H-pyrrole nitrogens is 1. The van der Waals surface area contributed by atoms with Crippen LogP contribution in [0.2, 0.25) is 0 Å². The maximum absolute atomic E-state index is 13.2. The normalized spacial score (nSPS) is 19.3. The monoisotopic (exact) mass is 386 g/mol. The van der Waals surface area contributed by atoms with Crippen molar-refractivity contribution in [3.63, 3.8) is 0 Å². The van der Waals surface area contributed by atoms with Crippen LogP contribution in [0.3, 0.4) is 0 Å². The van der Waals surface area contributed by atoms with Crippen LogP contribution in [0.15, 0.2) is 15.7 Å². The van der Waals surface area contributed by atoms with E-state index in [-0.39, 0.29) is 35.0 Å². The van der Waals surface area contributed by atoms with Crippen molar-refractivity contribution >= 4 is 22.9 Å². The van der Waals surface area contributed by atoms with E-state index in [1.165, 1.54) is 9.47 Å². The summed E-state index contributed by atoms with van der Waals surface area (Å²) in [5.41, 5.74) is -0.0362. The molecule has 148 valence electrons. The van der Waals surface area contributed by atoms with E-state index in [0.717, 1.165) is 12.8 Å². The van der Waals surface area contributed by atoms with Crippen molar-refractivity contribution in [3.05, 3.63) is 38.2 Å². The highest BCUT2D eigenvalue weighted by Crippen LogP contribution is 2.40. The third-order valence-corrected chi connectivity index (χ3v) is 5.47. The lowest BCUT2D eigenvalue weighted by Gasteiger charge is -2.18. The average molecular weight is 386 g/mol. The first-order valence-corrected chi connectivity index (χ1v) is 9.60. The van der Waals surface area contributed by atoms with Crippen molar-refractivity contribution in [1.29, 1.82) is 0 Å². The van der Waals surface area contributed by atoms with Gasteiger partial charge in [0.05, 0.1) is 16.9 Å². The Labute approximate surface area is 160 Å². The predicted molar refractivity (Wildman–Crippen MR) is 101 cm³/mol. The second kappa shape index (κ2) is 6.88. The fourth-order valence-corrected chi connectivity index (χ4v) is 3.80. The van der Waals surface area contributed by atoms with E-state index in [0.29, 0.717) is 31.6 Å². The Balaban J connectivity index is 1.88. The molecule has 2 aromatic rings. The Kier molecular flexibility index (Phi) is 4.52. The predicted octanol–water partition coefficient (Wildman–Crippen LogP) is 0.919. The number of carbonyl (C=O) groups excluding carboxylic acids is 1. The van der Waals surface area contributed by atoms with Gasteiger partial charge >= 0.3 is 11.7 Å². The van der Waals surface area contributed by atoms with Gasteiger partial charge < -0.3 is 10.0 Å². The summed E-state index contributed by atoms with van der Waals surface area (Å²) in [4.78, 5) is 57.7. The van der Waals surface area contributed by atoms with Gasteiger partial charge in [0, 0.05) is 31.2 Å². The number of pyridine rings is 1. The smallest absolute Gasteiger partial charge is 0.329 e. The van der Waals surface area contributed by atoms with E-state index in [1.807, 2.05) is 6.92 Å². The van der Waals surface area contributed by atoms with Gasteiger partial charge in [-0.3, -0.25) is 23.9 Å². The molecule has 28 heavy (non-hydrogen) atoms. The van der Waals surface area contributed by atoms with Gasteiger partial charge in [-0.2, -0.15) is 0 Å². The molecule has 1 aliphatic heterocycles. The number of aliphatic carboxylic acids is 1. The van der Waals surface area contributed by atoms with Crippen molar-refractivity contribution in [3.8, 4) is 0 Å². The maximum atomic E-state index is 13.2. The molecule has 2 aromatic heterocycles. The van der Waals surface area contributed by atoms with E-state index in [9.17, 15) is 24.3 Å². The minimum atomic E-state index is -0.928. The number of amides is 1. The minimum Gasteiger partial charge on any atom is -0.481 e. The first-order valence-electron chi connectivity index (χ1n) is 9.60. The second-order valence-electron chi connectivity index (χ2n) is 7.55. The van der Waals surface area contributed by atoms with E-state index in [2.05, 4.69) is 9.97 Å². The van der Waals surface area contributed by atoms with Gasteiger partial charge in [-0.1, -0.05) is 6.92 Å². The van der Waals surface area contributed by atoms with Crippen LogP contribution in [-0.2, 0) is 11.3 Å².